The van der Waals surface area contributed by atoms with E-state index in [1.807, 2.05) is 24.4 Å². The minimum Gasteiger partial charge on any atom is -0.300 e. The standard InChI is InChI=1S/C17H18N6O2S4/c1-10-20-21-14(28-10)18-12(24)9-27-16-23-22-15(29-16)19-13(25)17(6-2-3-7-17)11-5-4-8-26-11/h4-5,8H,2-3,6-7,9H2,1H3,(H,18,21,24)(H,19,22,25). The van der Waals surface area contributed by atoms with Gasteiger partial charge in [-0.2, -0.15) is 0 Å². The summed E-state index contributed by atoms with van der Waals surface area (Å²) < 4.78 is 0.625. The van der Waals surface area contributed by atoms with Gasteiger partial charge in [0.1, 0.15) is 5.01 Å². The number of nitrogens with zero attached hydrogens (tertiary/aromatic N) is 4. The van der Waals surface area contributed by atoms with Gasteiger partial charge in [0.25, 0.3) is 0 Å². The number of amides is 2. The van der Waals surface area contributed by atoms with Gasteiger partial charge in [-0.25, -0.2) is 0 Å². The molecule has 1 aliphatic carbocycles. The number of hydrogen-bond donors (Lipinski definition) is 2. The maximum atomic E-state index is 13.1. The molecule has 3 heterocycles. The molecule has 3 aromatic rings. The van der Waals surface area contributed by atoms with E-state index in [1.54, 1.807) is 11.3 Å². The monoisotopic (exact) mass is 466 g/mol. The molecule has 0 radical (unpaired) electrons. The second kappa shape index (κ2) is 8.86. The Labute approximate surface area is 183 Å². The zero-order chi connectivity index (χ0) is 20.3. The summed E-state index contributed by atoms with van der Waals surface area (Å²) in [5, 5.41) is 25.3. The predicted octanol–water partition coefficient (Wildman–Crippen LogP) is 3.94. The van der Waals surface area contributed by atoms with Crippen LogP contribution in [0.4, 0.5) is 10.3 Å². The minimum absolute atomic E-state index is 0.0190. The van der Waals surface area contributed by atoms with Crippen molar-refractivity contribution in [2.24, 2.45) is 0 Å². The predicted molar refractivity (Wildman–Crippen MR) is 117 cm³/mol. The molecule has 1 aliphatic rings. The van der Waals surface area contributed by atoms with Crippen LogP contribution < -0.4 is 10.6 Å². The zero-order valence-corrected chi connectivity index (χ0v) is 18.8. The molecule has 0 saturated heterocycles. The topological polar surface area (TPSA) is 110 Å². The average molecular weight is 467 g/mol. The highest BCUT2D eigenvalue weighted by atomic mass is 32.2. The first-order valence-electron chi connectivity index (χ1n) is 8.97. The van der Waals surface area contributed by atoms with Crippen molar-refractivity contribution in [3.05, 3.63) is 27.4 Å². The molecule has 2 N–H and O–H groups in total. The molecule has 12 heteroatoms. The Morgan fingerprint density at radius 2 is 1.86 bits per heavy atom. The lowest BCUT2D eigenvalue weighted by Gasteiger charge is -2.25. The molecule has 0 spiro atoms. The molecule has 29 heavy (non-hydrogen) atoms. The van der Waals surface area contributed by atoms with Gasteiger partial charge in [0.15, 0.2) is 4.34 Å². The number of thiophene rings is 1. The van der Waals surface area contributed by atoms with E-state index >= 15 is 0 Å². The summed E-state index contributed by atoms with van der Waals surface area (Å²) in [6.07, 6.45) is 3.80. The van der Waals surface area contributed by atoms with Crippen molar-refractivity contribution in [1.29, 1.82) is 0 Å². The highest BCUT2D eigenvalue weighted by Crippen LogP contribution is 2.44. The molecule has 3 aromatic heterocycles. The van der Waals surface area contributed by atoms with E-state index in [0.717, 1.165) is 35.6 Å². The summed E-state index contributed by atoms with van der Waals surface area (Å²) >= 11 is 5.50. The number of rotatable bonds is 7. The minimum atomic E-state index is -0.465. The highest BCUT2D eigenvalue weighted by Gasteiger charge is 2.43. The quantitative estimate of drug-likeness (QED) is 0.401. The first kappa shape index (κ1) is 20.4. The summed E-state index contributed by atoms with van der Waals surface area (Å²) in [7, 11) is 0. The van der Waals surface area contributed by atoms with Gasteiger partial charge in [0, 0.05) is 4.88 Å². The maximum absolute atomic E-state index is 13.1. The third kappa shape index (κ3) is 4.65. The molecule has 0 atom stereocenters. The van der Waals surface area contributed by atoms with Gasteiger partial charge >= 0.3 is 0 Å². The number of thioether (sulfide) groups is 1. The molecule has 1 fully saturated rings. The Bertz CT molecular complexity index is 993. The number of aryl methyl sites for hydroxylation is 1. The van der Waals surface area contributed by atoms with E-state index in [9.17, 15) is 9.59 Å². The van der Waals surface area contributed by atoms with E-state index in [-0.39, 0.29) is 17.6 Å². The number of nitrogens with one attached hydrogen (secondary N) is 2. The average Bonchev–Trinajstić information content (AvgIpc) is 3.48. The van der Waals surface area contributed by atoms with Gasteiger partial charge in [-0.05, 0) is 31.2 Å². The molecule has 0 aromatic carbocycles. The Morgan fingerprint density at radius 3 is 2.55 bits per heavy atom. The van der Waals surface area contributed by atoms with Crippen LogP contribution in [0.15, 0.2) is 21.9 Å². The van der Waals surface area contributed by atoms with Crippen molar-refractivity contribution in [1.82, 2.24) is 20.4 Å². The lowest BCUT2D eigenvalue weighted by atomic mass is 9.83. The van der Waals surface area contributed by atoms with Crippen molar-refractivity contribution < 1.29 is 9.59 Å². The zero-order valence-electron chi connectivity index (χ0n) is 15.5. The molecule has 0 unspecified atom stereocenters. The Kier molecular flexibility index (Phi) is 6.23. The van der Waals surface area contributed by atoms with E-state index in [4.69, 9.17) is 0 Å². The van der Waals surface area contributed by atoms with E-state index in [1.165, 1.54) is 34.4 Å². The normalized spacial score (nSPS) is 15.3. The second-order valence-electron chi connectivity index (χ2n) is 6.56. The van der Waals surface area contributed by atoms with Crippen LogP contribution in [0.1, 0.15) is 35.6 Å². The SMILES string of the molecule is Cc1nnc(NC(=O)CSc2nnc(NC(=O)C3(c4cccs4)CCCC3)s2)s1. The molecule has 4 rings (SSSR count). The van der Waals surface area contributed by atoms with Crippen LogP contribution in [-0.4, -0.2) is 38.0 Å². The first-order valence-corrected chi connectivity index (χ1v) is 12.5. The maximum Gasteiger partial charge on any atom is 0.237 e. The number of carbonyl (C=O) groups excluding carboxylic acids is 2. The van der Waals surface area contributed by atoms with E-state index < -0.39 is 5.41 Å². The van der Waals surface area contributed by atoms with Gasteiger partial charge in [0.2, 0.25) is 22.1 Å². The first-order chi connectivity index (χ1) is 14.0. The Morgan fingerprint density at radius 1 is 1.10 bits per heavy atom. The van der Waals surface area contributed by atoms with Crippen molar-refractivity contribution >= 4 is 67.8 Å². The molecular formula is C17H18N6O2S4. The van der Waals surface area contributed by atoms with Crippen LogP contribution in [0, 0.1) is 6.92 Å². The van der Waals surface area contributed by atoms with Crippen molar-refractivity contribution in [3.8, 4) is 0 Å². The number of hydrogen-bond acceptors (Lipinski definition) is 10. The van der Waals surface area contributed by atoms with Gasteiger partial charge in [0.05, 0.1) is 11.2 Å². The summed E-state index contributed by atoms with van der Waals surface area (Å²) in [5.74, 6) is -0.0237. The van der Waals surface area contributed by atoms with Crippen LogP contribution in [0.3, 0.4) is 0 Å². The summed E-state index contributed by atoms with van der Waals surface area (Å²) in [6, 6.07) is 4.02. The van der Waals surface area contributed by atoms with Crippen LogP contribution in [0.25, 0.3) is 0 Å². The Balaban J connectivity index is 1.34. The fraction of sp³-hybridized carbons (Fsp3) is 0.412. The molecule has 152 valence electrons. The van der Waals surface area contributed by atoms with Crippen LogP contribution >= 0.6 is 45.8 Å². The molecule has 8 nitrogen and oxygen atoms in total. The highest BCUT2D eigenvalue weighted by molar-refractivity contribution is 8.01. The van der Waals surface area contributed by atoms with Crippen LogP contribution in [0.2, 0.25) is 0 Å². The van der Waals surface area contributed by atoms with E-state index in [0.29, 0.717) is 14.6 Å². The molecule has 2 amide bonds. The molecule has 0 aliphatic heterocycles. The van der Waals surface area contributed by atoms with Gasteiger partial charge in [-0.1, -0.05) is 53.3 Å². The smallest absolute Gasteiger partial charge is 0.237 e. The van der Waals surface area contributed by atoms with Crippen LogP contribution in [0.5, 0.6) is 0 Å². The number of aromatic nitrogens is 4. The van der Waals surface area contributed by atoms with Gasteiger partial charge in [-0.15, -0.1) is 31.7 Å². The summed E-state index contributed by atoms with van der Waals surface area (Å²) in [4.78, 5) is 26.2. The fourth-order valence-electron chi connectivity index (χ4n) is 3.28. The third-order valence-corrected chi connectivity index (χ3v) is 8.41. The largest absolute Gasteiger partial charge is 0.300 e. The molecule has 0 bridgehead atoms. The summed E-state index contributed by atoms with van der Waals surface area (Å²) in [6.45, 7) is 1.83. The number of carbonyl (C=O) groups is 2. The van der Waals surface area contributed by atoms with Crippen molar-refractivity contribution in [2.75, 3.05) is 16.4 Å². The van der Waals surface area contributed by atoms with Gasteiger partial charge in [-0.3, -0.25) is 20.2 Å². The molecular weight excluding hydrogens is 448 g/mol. The van der Waals surface area contributed by atoms with Gasteiger partial charge < -0.3 is 0 Å². The summed E-state index contributed by atoms with van der Waals surface area (Å²) in [5.41, 5.74) is -0.465. The fourth-order valence-corrected chi connectivity index (χ4v) is 6.42. The lowest BCUT2D eigenvalue weighted by molar-refractivity contribution is -0.121. The Hall–Kier alpha value is -1.89. The van der Waals surface area contributed by atoms with Crippen molar-refractivity contribution in [2.45, 2.75) is 42.4 Å². The van der Waals surface area contributed by atoms with Crippen molar-refractivity contribution in [3.63, 3.8) is 0 Å². The number of anilines is 2. The van der Waals surface area contributed by atoms with E-state index in [2.05, 4.69) is 31.0 Å². The second-order valence-corrected chi connectivity index (χ2v) is 10.9. The van der Waals surface area contributed by atoms with Crippen LogP contribution in [-0.2, 0) is 15.0 Å². The molecule has 1 saturated carbocycles. The lowest BCUT2D eigenvalue weighted by Crippen LogP contribution is -2.37. The third-order valence-electron chi connectivity index (χ3n) is 4.61.